The summed E-state index contributed by atoms with van der Waals surface area (Å²) in [6, 6.07) is 4.90. The Kier molecular flexibility index (Phi) is 3.44. The third kappa shape index (κ3) is 2.73. The Balaban J connectivity index is 2.11. The van der Waals surface area contributed by atoms with Gasteiger partial charge in [0.25, 0.3) is 0 Å². The molecule has 1 fully saturated rings. The molecular formula is C13H21N3. The Morgan fingerprint density at radius 3 is 2.62 bits per heavy atom. The monoisotopic (exact) mass is 219 g/mol. The minimum absolute atomic E-state index is 0.570. The van der Waals surface area contributed by atoms with Crippen LogP contribution in [0.5, 0.6) is 0 Å². The van der Waals surface area contributed by atoms with Crippen molar-refractivity contribution < 1.29 is 0 Å². The molecule has 1 aromatic heterocycles. The zero-order chi connectivity index (χ0) is 11.5. The molecule has 3 heteroatoms. The van der Waals surface area contributed by atoms with Crippen LogP contribution in [0.15, 0.2) is 18.3 Å². The van der Waals surface area contributed by atoms with Crippen molar-refractivity contribution >= 4 is 5.82 Å². The normalized spacial score (nSPS) is 15.5. The van der Waals surface area contributed by atoms with Gasteiger partial charge >= 0.3 is 0 Å². The van der Waals surface area contributed by atoms with E-state index in [4.69, 9.17) is 5.73 Å². The number of hydrogen-bond acceptors (Lipinski definition) is 3. The molecule has 16 heavy (non-hydrogen) atoms. The molecule has 0 atom stereocenters. The van der Waals surface area contributed by atoms with E-state index >= 15 is 0 Å². The van der Waals surface area contributed by atoms with E-state index in [1.165, 1.54) is 12.8 Å². The van der Waals surface area contributed by atoms with Crippen LogP contribution >= 0.6 is 0 Å². The van der Waals surface area contributed by atoms with E-state index in [-0.39, 0.29) is 0 Å². The van der Waals surface area contributed by atoms with Crippen LogP contribution < -0.4 is 10.6 Å². The van der Waals surface area contributed by atoms with E-state index in [1.807, 2.05) is 6.20 Å². The van der Waals surface area contributed by atoms with Gasteiger partial charge in [-0.25, -0.2) is 4.98 Å². The molecule has 0 saturated heterocycles. The molecule has 1 aromatic rings. The summed E-state index contributed by atoms with van der Waals surface area (Å²) in [5, 5.41) is 0. The van der Waals surface area contributed by atoms with Crippen molar-refractivity contribution in [3.8, 4) is 0 Å². The number of pyridine rings is 1. The number of anilines is 1. The minimum Gasteiger partial charge on any atom is -0.353 e. The highest BCUT2D eigenvalue weighted by atomic mass is 15.2. The van der Waals surface area contributed by atoms with Gasteiger partial charge in [0.2, 0.25) is 0 Å². The summed E-state index contributed by atoms with van der Waals surface area (Å²) < 4.78 is 0. The van der Waals surface area contributed by atoms with Crippen molar-refractivity contribution in [1.82, 2.24) is 4.98 Å². The van der Waals surface area contributed by atoms with Gasteiger partial charge < -0.3 is 10.6 Å². The number of hydrogen-bond donors (Lipinski definition) is 1. The lowest BCUT2D eigenvalue weighted by atomic mass is 10.2. The van der Waals surface area contributed by atoms with Crippen LogP contribution in [0, 0.1) is 5.92 Å². The minimum atomic E-state index is 0.570. The fourth-order valence-electron chi connectivity index (χ4n) is 1.92. The molecule has 2 N–H and O–H groups in total. The predicted molar refractivity (Wildman–Crippen MR) is 67.3 cm³/mol. The Morgan fingerprint density at radius 2 is 2.19 bits per heavy atom. The van der Waals surface area contributed by atoms with Gasteiger partial charge in [0.1, 0.15) is 5.82 Å². The maximum atomic E-state index is 5.58. The van der Waals surface area contributed by atoms with E-state index in [1.54, 1.807) is 0 Å². The molecule has 0 aromatic carbocycles. The van der Waals surface area contributed by atoms with Crippen molar-refractivity contribution in [1.29, 1.82) is 0 Å². The van der Waals surface area contributed by atoms with E-state index in [2.05, 4.69) is 35.9 Å². The van der Waals surface area contributed by atoms with Crippen LogP contribution in [0.1, 0.15) is 32.3 Å². The quantitative estimate of drug-likeness (QED) is 0.825. The second-order valence-corrected chi connectivity index (χ2v) is 5.01. The molecule has 3 nitrogen and oxygen atoms in total. The lowest BCUT2D eigenvalue weighted by molar-refractivity contribution is 0.602. The first-order chi connectivity index (χ1) is 7.70. The van der Waals surface area contributed by atoms with Gasteiger partial charge in [-0.15, -0.1) is 0 Å². The summed E-state index contributed by atoms with van der Waals surface area (Å²) in [6.07, 6.45) is 4.52. The maximum Gasteiger partial charge on any atom is 0.128 e. The van der Waals surface area contributed by atoms with Gasteiger partial charge in [-0.2, -0.15) is 0 Å². The molecular weight excluding hydrogens is 198 g/mol. The fraction of sp³-hybridized carbons (Fsp3) is 0.615. The first-order valence-corrected chi connectivity index (χ1v) is 6.12. The third-order valence-corrected chi connectivity index (χ3v) is 2.89. The summed E-state index contributed by atoms with van der Waals surface area (Å²) in [4.78, 5) is 6.95. The molecule has 0 amide bonds. The molecule has 0 aliphatic heterocycles. The van der Waals surface area contributed by atoms with Gasteiger partial charge in [0.15, 0.2) is 0 Å². The summed E-state index contributed by atoms with van der Waals surface area (Å²) in [5.74, 6) is 1.78. The van der Waals surface area contributed by atoms with Gasteiger partial charge in [0.05, 0.1) is 0 Å². The molecule has 0 spiro atoms. The highest BCUT2D eigenvalue weighted by molar-refractivity contribution is 5.42. The van der Waals surface area contributed by atoms with E-state index < -0.39 is 0 Å². The number of aromatic nitrogens is 1. The zero-order valence-corrected chi connectivity index (χ0v) is 10.2. The fourth-order valence-corrected chi connectivity index (χ4v) is 1.92. The summed E-state index contributed by atoms with van der Waals surface area (Å²) in [5.41, 5.74) is 6.68. The second kappa shape index (κ2) is 4.83. The van der Waals surface area contributed by atoms with E-state index in [0.29, 0.717) is 12.5 Å². The highest BCUT2D eigenvalue weighted by Crippen LogP contribution is 2.31. The van der Waals surface area contributed by atoms with E-state index in [9.17, 15) is 0 Å². The zero-order valence-electron chi connectivity index (χ0n) is 10.2. The number of nitrogens with zero attached hydrogens (tertiary/aromatic N) is 2. The van der Waals surface area contributed by atoms with Crippen LogP contribution in [-0.4, -0.2) is 17.6 Å². The topological polar surface area (TPSA) is 42.1 Å². The highest BCUT2D eigenvalue weighted by Gasteiger charge is 2.30. The van der Waals surface area contributed by atoms with Crippen molar-refractivity contribution in [3.63, 3.8) is 0 Å². The van der Waals surface area contributed by atoms with Crippen molar-refractivity contribution in [3.05, 3.63) is 23.9 Å². The van der Waals surface area contributed by atoms with Crippen LogP contribution in [0.3, 0.4) is 0 Å². The van der Waals surface area contributed by atoms with Gasteiger partial charge in [0, 0.05) is 25.3 Å². The Morgan fingerprint density at radius 1 is 1.44 bits per heavy atom. The van der Waals surface area contributed by atoms with Gasteiger partial charge in [-0.05, 0) is 30.4 Å². The van der Waals surface area contributed by atoms with Crippen molar-refractivity contribution in [2.24, 2.45) is 11.7 Å². The van der Waals surface area contributed by atoms with Crippen LogP contribution in [0.25, 0.3) is 0 Å². The SMILES string of the molecule is CC(C)CN(c1ccc(CN)cn1)C1CC1. The average Bonchev–Trinajstić information content (AvgIpc) is 3.10. The summed E-state index contributed by atoms with van der Waals surface area (Å²) in [7, 11) is 0. The Labute approximate surface area is 97.7 Å². The molecule has 1 heterocycles. The van der Waals surface area contributed by atoms with Crippen molar-refractivity contribution in [2.75, 3.05) is 11.4 Å². The smallest absolute Gasteiger partial charge is 0.128 e. The molecule has 1 saturated carbocycles. The standard InChI is InChI=1S/C13H21N3/c1-10(2)9-16(12-4-5-12)13-6-3-11(7-14)8-15-13/h3,6,8,10,12H,4-5,7,9,14H2,1-2H3. The Hall–Kier alpha value is -1.09. The number of nitrogens with two attached hydrogens (primary N) is 1. The summed E-state index contributed by atoms with van der Waals surface area (Å²) >= 11 is 0. The molecule has 2 rings (SSSR count). The van der Waals surface area contributed by atoms with Crippen LogP contribution in [-0.2, 0) is 6.54 Å². The average molecular weight is 219 g/mol. The first kappa shape index (κ1) is 11.4. The lowest BCUT2D eigenvalue weighted by Crippen LogP contribution is -2.30. The van der Waals surface area contributed by atoms with Crippen molar-refractivity contribution in [2.45, 2.75) is 39.3 Å². The Bertz CT molecular complexity index is 328. The lowest BCUT2D eigenvalue weighted by Gasteiger charge is -2.25. The maximum absolute atomic E-state index is 5.58. The first-order valence-electron chi connectivity index (χ1n) is 6.12. The molecule has 0 bridgehead atoms. The molecule has 0 radical (unpaired) electrons. The molecule has 0 unspecified atom stereocenters. The van der Waals surface area contributed by atoms with E-state index in [0.717, 1.165) is 24.0 Å². The molecule has 88 valence electrons. The van der Waals surface area contributed by atoms with Gasteiger partial charge in [-0.1, -0.05) is 19.9 Å². The summed E-state index contributed by atoms with van der Waals surface area (Å²) in [6.45, 7) is 6.17. The predicted octanol–water partition coefficient (Wildman–Crippen LogP) is 2.17. The molecule has 1 aliphatic rings. The third-order valence-electron chi connectivity index (χ3n) is 2.89. The number of rotatable bonds is 5. The van der Waals surface area contributed by atoms with Crippen LogP contribution in [0.4, 0.5) is 5.82 Å². The second-order valence-electron chi connectivity index (χ2n) is 5.01. The largest absolute Gasteiger partial charge is 0.353 e. The van der Waals surface area contributed by atoms with Crippen LogP contribution in [0.2, 0.25) is 0 Å². The van der Waals surface area contributed by atoms with Gasteiger partial charge in [-0.3, -0.25) is 0 Å². The molecule has 1 aliphatic carbocycles.